The van der Waals surface area contributed by atoms with Crippen LogP contribution in [-0.4, -0.2) is 52.8 Å². The van der Waals surface area contributed by atoms with Gasteiger partial charge in [0.05, 0.1) is 50.0 Å². The third-order valence-corrected chi connectivity index (χ3v) is 6.16. The van der Waals surface area contributed by atoms with Crippen molar-refractivity contribution in [1.82, 2.24) is 24.8 Å². The molecule has 0 atom stereocenters. The molecule has 0 bridgehead atoms. The molecule has 8 nitrogen and oxygen atoms in total. The number of likely N-dealkylation sites (tertiary alicyclic amines) is 1. The summed E-state index contributed by atoms with van der Waals surface area (Å²) in [6.07, 6.45) is 6.46. The Balaban J connectivity index is 1.36. The highest BCUT2D eigenvalue weighted by Crippen LogP contribution is 2.20. The molecule has 1 N–H and O–H groups in total. The summed E-state index contributed by atoms with van der Waals surface area (Å²) in [5.41, 5.74) is 3.79. The molecule has 32 heavy (non-hydrogen) atoms. The lowest BCUT2D eigenvalue weighted by molar-refractivity contribution is 0.159. The van der Waals surface area contributed by atoms with E-state index in [9.17, 15) is 4.79 Å². The third kappa shape index (κ3) is 4.92. The van der Waals surface area contributed by atoms with Crippen molar-refractivity contribution in [1.29, 1.82) is 0 Å². The second-order valence-electron chi connectivity index (χ2n) is 8.13. The number of hydrogen-bond acceptors (Lipinski definition) is 7. The van der Waals surface area contributed by atoms with E-state index in [-0.39, 0.29) is 5.56 Å². The summed E-state index contributed by atoms with van der Waals surface area (Å²) in [4.78, 5) is 23.8. The van der Waals surface area contributed by atoms with E-state index >= 15 is 0 Å². The van der Waals surface area contributed by atoms with Crippen LogP contribution in [0.5, 0.6) is 11.5 Å². The molecule has 8 heteroatoms. The van der Waals surface area contributed by atoms with Crippen LogP contribution in [0.3, 0.4) is 0 Å². The van der Waals surface area contributed by atoms with Crippen molar-refractivity contribution in [2.45, 2.75) is 45.4 Å². The van der Waals surface area contributed by atoms with E-state index in [1.54, 1.807) is 37.1 Å². The van der Waals surface area contributed by atoms with E-state index in [4.69, 9.17) is 9.47 Å². The normalized spacial score (nSPS) is 15.2. The number of piperidine rings is 1. The van der Waals surface area contributed by atoms with Gasteiger partial charge in [0, 0.05) is 37.8 Å². The quantitative estimate of drug-likeness (QED) is 0.580. The third-order valence-electron chi connectivity index (χ3n) is 6.16. The molecule has 0 aromatic carbocycles. The Bertz CT molecular complexity index is 1120. The van der Waals surface area contributed by atoms with E-state index in [2.05, 4.69) is 33.2 Å². The molecule has 3 aromatic heterocycles. The van der Waals surface area contributed by atoms with Gasteiger partial charge in [-0.15, -0.1) is 0 Å². The van der Waals surface area contributed by atoms with Gasteiger partial charge < -0.3 is 14.8 Å². The zero-order chi connectivity index (χ0) is 22.5. The number of nitrogens with zero attached hydrogens (tertiary/aromatic N) is 4. The van der Waals surface area contributed by atoms with Crippen molar-refractivity contribution in [2.75, 3.05) is 27.3 Å². The maximum absolute atomic E-state index is 12.6. The van der Waals surface area contributed by atoms with Gasteiger partial charge in [-0.3, -0.25) is 24.2 Å². The van der Waals surface area contributed by atoms with Crippen LogP contribution in [-0.2, 0) is 19.6 Å². The van der Waals surface area contributed by atoms with Gasteiger partial charge in [0.25, 0.3) is 5.56 Å². The maximum Gasteiger partial charge on any atom is 0.252 e. The number of methoxy groups -OCH3 is 2. The standard InChI is InChI=1S/C24H31N5O3/c1-4-17-11-19(26-15-23(17)32-3)13-25-18-7-9-28(10-8-18)16-29-22-12-20(31-2)14-27-21(22)5-6-24(29)30/h5-6,11-12,14-15,18,25H,4,7-10,13,16H2,1-3H3. The highest BCUT2D eigenvalue weighted by Gasteiger charge is 2.20. The van der Waals surface area contributed by atoms with Gasteiger partial charge >= 0.3 is 0 Å². The van der Waals surface area contributed by atoms with Crippen molar-refractivity contribution in [3.05, 3.63) is 58.3 Å². The molecule has 170 valence electrons. The van der Waals surface area contributed by atoms with Crippen LogP contribution in [0.4, 0.5) is 0 Å². The fourth-order valence-corrected chi connectivity index (χ4v) is 4.22. The van der Waals surface area contributed by atoms with Gasteiger partial charge in [-0.1, -0.05) is 6.92 Å². The van der Waals surface area contributed by atoms with Gasteiger partial charge in [-0.05, 0) is 37.0 Å². The van der Waals surface area contributed by atoms with Crippen LogP contribution in [0.25, 0.3) is 11.0 Å². The first-order valence-electron chi connectivity index (χ1n) is 11.1. The molecule has 1 fully saturated rings. The summed E-state index contributed by atoms with van der Waals surface area (Å²) in [6.45, 7) is 5.27. The van der Waals surface area contributed by atoms with Crippen LogP contribution in [0.15, 0.2) is 41.5 Å². The average Bonchev–Trinajstić information content (AvgIpc) is 2.84. The van der Waals surface area contributed by atoms with Gasteiger partial charge in [-0.25, -0.2) is 0 Å². The summed E-state index contributed by atoms with van der Waals surface area (Å²) in [5, 5.41) is 3.64. The minimum absolute atomic E-state index is 0.0230. The summed E-state index contributed by atoms with van der Waals surface area (Å²) < 4.78 is 12.5. The number of hydrogen-bond donors (Lipinski definition) is 1. The molecule has 0 radical (unpaired) electrons. The Hall–Kier alpha value is -2.97. The smallest absolute Gasteiger partial charge is 0.252 e. The first-order chi connectivity index (χ1) is 15.6. The fourth-order valence-electron chi connectivity index (χ4n) is 4.22. The van der Waals surface area contributed by atoms with Crippen molar-refractivity contribution in [3.8, 4) is 11.5 Å². The SMILES string of the molecule is CCc1cc(CNC2CCN(Cn3c(=O)ccc4ncc(OC)cc43)CC2)ncc1OC. The first-order valence-corrected chi connectivity index (χ1v) is 11.1. The van der Waals surface area contributed by atoms with E-state index in [1.165, 1.54) is 5.56 Å². The predicted octanol–water partition coefficient (Wildman–Crippen LogP) is 2.58. The number of aromatic nitrogens is 3. The average molecular weight is 438 g/mol. The number of fused-ring (bicyclic) bond motifs is 1. The monoisotopic (exact) mass is 437 g/mol. The Morgan fingerprint density at radius 3 is 2.62 bits per heavy atom. The lowest BCUT2D eigenvalue weighted by Crippen LogP contribution is -2.44. The van der Waals surface area contributed by atoms with E-state index < -0.39 is 0 Å². The number of aryl methyl sites for hydroxylation is 1. The molecule has 0 saturated carbocycles. The van der Waals surface area contributed by atoms with Gasteiger partial charge in [0.15, 0.2) is 0 Å². The molecule has 0 aliphatic carbocycles. The number of rotatable bonds is 8. The zero-order valence-corrected chi connectivity index (χ0v) is 19.0. The molecule has 0 unspecified atom stereocenters. The Labute approximate surface area is 188 Å². The molecule has 1 aliphatic heterocycles. The van der Waals surface area contributed by atoms with E-state index in [0.29, 0.717) is 18.5 Å². The lowest BCUT2D eigenvalue weighted by Gasteiger charge is -2.33. The number of nitrogens with one attached hydrogen (secondary N) is 1. The van der Waals surface area contributed by atoms with Crippen LogP contribution < -0.4 is 20.3 Å². The van der Waals surface area contributed by atoms with E-state index in [0.717, 1.165) is 61.4 Å². The molecule has 4 rings (SSSR count). The topological polar surface area (TPSA) is 81.5 Å². The highest BCUT2D eigenvalue weighted by atomic mass is 16.5. The first kappa shape index (κ1) is 22.2. The van der Waals surface area contributed by atoms with Crippen LogP contribution >= 0.6 is 0 Å². The highest BCUT2D eigenvalue weighted by molar-refractivity contribution is 5.75. The molecule has 0 spiro atoms. The van der Waals surface area contributed by atoms with Crippen LogP contribution in [0, 0.1) is 0 Å². The summed E-state index contributed by atoms with van der Waals surface area (Å²) in [6, 6.07) is 7.79. The Morgan fingerprint density at radius 2 is 1.91 bits per heavy atom. The Morgan fingerprint density at radius 1 is 1.09 bits per heavy atom. The number of ether oxygens (including phenoxy) is 2. The summed E-state index contributed by atoms with van der Waals surface area (Å²) in [7, 11) is 3.29. The molecular weight excluding hydrogens is 406 g/mol. The predicted molar refractivity (Wildman–Crippen MR) is 124 cm³/mol. The van der Waals surface area contributed by atoms with Crippen LogP contribution in [0.2, 0.25) is 0 Å². The van der Waals surface area contributed by atoms with Gasteiger partial charge in [0.2, 0.25) is 0 Å². The molecule has 1 saturated heterocycles. The molecule has 4 heterocycles. The van der Waals surface area contributed by atoms with Crippen molar-refractivity contribution >= 4 is 11.0 Å². The van der Waals surface area contributed by atoms with Crippen molar-refractivity contribution < 1.29 is 9.47 Å². The largest absolute Gasteiger partial charge is 0.495 e. The van der Waals surface area contributed by atoms with Crippen LogP contribution in [0.1, 0.15) is 31.0 Å². The zero-order valence-electron chi connectivity index (χ0n) is 19.0. The maximum atomic E-state index is 12.6. The Kier molecular flexibility index (Phi) is 7.02. The van der Waals surface area contributed by atoms with Crippen molar-refractivity contribution in [2.24, 2.45) is 0 Å². The molecule has 3 aromatic rings. The van der Waals surface area contributed by atoms with E-state index in [1.807, 2.05) is 12.3 Å². The second-order valence-corrected chi connectivity index (χ2v) is 8.13. The lowest BCUT2D eigenvalue weighted by atomic mass is 10.1. The molecule has 0 amide bonds. The summed E-state index contributed by atoms with van der Waals surface area (Å²) in [5.74, 6) is 1.50. The minimum Gasteiger partial charge on any atom is -0.495 e. The number of pyridine rings is 3. The summed E-state index contributed by atoms with van der Waals surface area (Å²) >= 11 is 0. The molecule has 1 aliphatic rings. The molecular formula is C24H31N5O3. The second kappa shape index (κ2) is 10.1. The van der Waals surface area contributed by atoms with Gasteiger partial charge in [0.1, 0.15) is 11.5 Å². The fraction of sp³-hybridized carbons (Fsp3) is 0.458. The minimum atomic E-state index is -0.0230. The van der Waals surface area contributed by atoms with Gasteiger partial charge in [-0.2, -0.15) is 0 Å². The van der Waals surface area contributed by atoms with Crippen molar-refractivity contribution in [3.63, 3.8) is 0 Å².